The van der Waals surface area contributed by atoms with Gasteiger partial charge in [0.15, 0.2) is 0 Å². The van der Waals surface area contributed by atoms with E-state index in [-0.39, 0.29) is 5.97 Å². The second-order valence-corrected chi connectivity index (χ2v) is 5.47. The smallest absolute Gasteiger partial charge is 0.337 e. The van der Waals surface area contributed by atoms with Crippen molar-refractivity contribution in [2.75, 3.05) is 7.11 Å². The van der Waals surface area contributed by atoms with Gasteiger partial charge in [0.2, 0.25) is 0 Å². The Bertz CT molecular complexity index is 848. The summed E-state index contributed by atoms with van der Waals surface area (Å²) in [7, 11) is 1.38. The normalized spacial score (nSPS) is 10.6. The molecule has 2 aromatic carbocycles. The van der Waals surface area contributed by atoms with Crippen LogP contribution < -0.4 is 0 Å². The van der Waals surface area contributed by atoms with Crippen molar-refractivity contribution in [3.63, 3.8) is 0 Å². The number of rotatable bonds is 3. The van der Waals surface area contributed by atoms with Crippen molar-refractivity contribution < 1.29 is 9.53 Å². The molecule has 0 spiro atoms. The molecule has 0 atom stereocenters. The van der Waals surface area contributed by atoms with Gasteiger partial charge in [-0.1, -0.05) is 18.2 Å². The topological polar surface area (TPSA) is 44.1 Å². The molecule has 0 radical (unpaired) electrons. The number of benzene rings is 2. The fraction of sp³-hybridized carbons (Fsp3) is 0.158. The van der Waals surface area contributed by atoms with Gasteiger partial charge in [-0.25, -0.2) is 9.48 Å². The van der Waals surface area contributed by atoms with Gasteiger partial charge in [-0.05, 0) is 60.9 Å². The summed E-state index contributed by atoms with van der Waals surface area (Å²) in [5, 5.41) is 4.45. The SMILES string of the molecule is COC(=O)c1ccc(-c2ccc(-n3ccc(C)n3)c(C)c2)cc1. The number of aromatic nitrogens is 2. The number of nitrogens with zero attached hydrogens (tertiary/aromatic N) is 2. The molecular formula is C19H18N2O2. The molecule has 3 rings (SSSR count). The van der Waals surface area contributed by atoms with Gasteiger partial charge in [-0.15, -0.1) is 0 Å². The number of methoxy groups -OCH3 is 1. The molecule has 116 valence electrons. The molecule has 0 aliphatic rings. The van der Waals surface area contributed by atoms with Crippen molar-refractivity contribution in [1.82, 2.24) is 9.78 Å². The summed E-state index contributed by atoms with van der Waals surface area (Å²) in [5.74, 6) is -0.322. The maximum atomic E-state index is 11.5. The Morgan fingerprint density at radius 1 is 1.00 bits per heavy atom. The highest BCUT2D eigenvalue weighted by Gasteiger charge is 2.07. The second-order valence-electron chi connectivity index (χ2n) is 5.47. The van der Waals surface area contributed by atoms with Crippen LogP contribution >= 0.6 is 0 Å². The lowest BCUT2D eigenvalue weighted by molar-refractivity contribution is 0.0601. The predicted molar refractivity (Wildman–Crippen MR) is 89.8 cm³/mol. The van der Waals surface area contributed by atoms with Crippen LogP contribution in [0.2, 0.25) is 0 Å². The molecule has 4 nitrogen and oxygen atoms in total. The van der Waals surface area contributed by atoms with Crippen molar-refractivity contribution >= 4 is 5.97 Å². The number of esters is 1. The van der Waals surface area contributed by atoms with E-state index in [2.05, 4.69) is 30.2 Å². The molecule has 3 aromatic rings. The Morgan fingerprint density at radius 2 is 1.70 bits per heavy atom. The van der Waals surface area contributed by atoms with Crippen LogP contribution in [0.15, 0.2) is 54.7 Å². The van der Waals surface area contributed by atoms with Crippen molar-refractivity contribution in [2.45, 2.75) is 13.8 Å². The number of carbonyl (C=O) groups excluding carboxylic acids is 1. The van der Waals surface area contributed by atoms with Crippen molar-refractivity contribution in [2.24, 2.45) is 0 Å². The summed E-state index contributed by atoms with van der Waals surface area (Å²) in [6, 6.07) is 15.6. The van der Waals surface area contributed by atoms with Crippen LogP contribution in [0.1, 0.15) is 21.6 Å². The molecule has 0 saturated heterocycles. The van der Waals surface area contributed by atoms with Gasteiger partial charge in [0.25, 0.3) is 0 Å². The quantitative estimate of drug-likeness (QED) is 0.688. The van der Waals surface area contributed by atoms with E-state index in [1.165, 1.54) is 7.11 Å². The Morgan fingerprint density at radius 3 is 2.26 bits per heavy atom. The van der Waals surface area contributed by atoms with E-state index in [4.69, 9.17) is 4.74 Å². The van der Waals surface area contributed by atoms with E-state index in [0.717, 1.165) is 28.1 Å². The minimum Gasteiger partial charge on any atom is -0.465 e. The Labute approximate surface area is 135 Å². The summed E-state index contributed by atoms with van der Waals surface area (Å²) in [6.45, 7) is 4.04. The molecule has 0 unspecified atom stereocenters. The van der Waals surface area contributed by atoms with Gasteiger partial charge in [0.1, 0.15) is 0 Å². The molecular weight excluding hydrogens is 288 g/mol. The third-order valence-electron chi connectivity index (χ3n) is 3.81. The Hall–Kier alpha value is -2.88. The van der Waals surface area contributed by atoms with Gasteiger partial charge < -0.3 is 4.74 Å². The zero-order valence-electron chi connectivity index (χ0n) is 13.4. The molecule has 0 fully saturated rings. The molecule has 23 heavy (non-hydrogen) atoms. The van der Waals surface area contributed by atoms with Gasteiger partial charge in [0, 0.05) is 6.20 Å². The first-order valence-electron chi connectivity index (χ1n) is 7.40. The summed E-state index contributed by atoms with van der Waals surface area (Å²) in [4.78, 5) is 11.5. The number of ether oxygens (including phenoxy) is 1. The molecule has 0 aliphatic carbocycles. The summed E-state index contributed by atoms with van der Waals surface area (Å²) < 4.78 is 6.60. The van der Waals surface area contributed by atoms with Crippen LogP contribution in [0.3, 0.4) is 0 Å². The average molecular weight is 306 g/mol. The third-order valence-corrected chi connectivity index (χ3v) is 3.81. The molecule has 0 N–H and O–H groups in total. The standard InChI is InChI=1S/C19H18N2O2/c1-13-12-17(8-9-18(13)21-11-10-14(2)20-21)15-4-6-16(7-5-15)19(22)23-3/h4-12H,1-3H3. The van der Waals surface area contributed by atoms with E-state index in [1.807, 2.05) is 36.0 Å². The second kappa shape index (κ2) is 6.08. The van der Waals surface area contributed by atoms with Gasteiger partial charge in [-0.2, -0.15) is 5.10 Å². The monoisotopic (exact) mass is 306 g/mol. The fourth-order valence-electron chi connectivity index (χ4n) is 2.56. The summed E-state index contributed by atoms with van der Waals surface area (Å²) in [5.41, 5.74) is 5.91. The first kappa shape index (κ1) is 15.0. The van der Waals surface area contributed by atoms with Gasteiger partial charge >= 0.3 is 5.97 Å². The van der Waals surface area contributed by atoms with Crippen LogP contribution in [0.25, 0.3) is 16.8 Å². The minimum atomic E-state index is -0.322. The summed E-state index contributed by atoms with van der Waals surface area (Å²) in [6.07, 6.45) is 1.96. The van der Waals surface area contributed by atoms with Gasteiger partial charge in [0.05, 0.1) is 24.1 Å². The van der Waals surface area contributed by atoms with Crippen LogP contribution in [-0.2, 0) is 4.74 Å². The lowest BCUT2D eigenvalue weighted by Crippen LogP contribution is -2.00. The largest absolute Gasteiger partial charge is 0.465 e. The van der Waals surface area contributed by atoms with E-state index in [9.17, 15) is 4.79 Å². The number of aryl methyl sites for hydroxylation is 2. The Balaban J connectivity index is 1.92. The third kappa shape index (κ3) is 3.01. The van der Waals surface area contributed by atoms with Crippen LogP contribution in [-0.4, -0.2) is 22.9 Å². The molecule has 0 aliphatic heterocycles. The van der Waals surface area contributed by atoms with E-state index in [1.54, 1.807) is 12.1 Å². The maximum absolute atomic E-state index is 11.5. The van der Waals surface area contributed by atoms with Gasteiger partial charge in [-0.3, -0.25) is 0 Å². The molecule has 4 heteroatoms. The lowest BCUT2D eigenvalue weighted by Gasteiger charge is -2.09. The number of hydrogen-bond acceptors (Lipinski definition) is 3. The van der Waals surface area contributed by atoms with E-state index < -0.39 is 0 Å². The van der Waals surface area contributed by atoms with Crippen LogP contribution in [0.4, 0.5) is 0 Å². The lowest BCUT2D eigenvalue weighted by atomic mass is 10.0. The number of carbonyl (C=O) groups is 1. The highest BCUT2D eigenvalue weighted by Crippen LogP contribution is 2.24. The molecule has 0 amide bonds. The number of hydrogen-bond donors (Lipinski definition) is 0. The molecule has 0 bridgehead atoms. The van der Waals surface area contributed by atoms with Crippen molar-refractivity contribution in [1.29, 1.82) is 0 Å². The molecule has 0 saturated carbocycles. The molecule has 1 aromatic heterocycles. The van der Waals surface area contributed by atoms with E-state index in [0.29, 0.717) is 5.56 Å². The summed E-state index contributed by atoms with van der Waals surface area (Å²) >= 11 is 0. The van der Waals surface area contributed by atoms with Crippen molar-refractivity contribution in [3.8, 4) is 16.8 Å². The van der Waals surface area contributed by atoms with E-state index >= 15 is 0 Å². The fourth-order valence-corrected chi connectivity index (χ4v) is 2.56. The zero-order valence-corrected chi connectivity index (χ0v) is 13.4. The van der Waals surface area contributed by atoms with Crippen LogP contribution in [0.5, 0.6) is 0 Å². The first-order valence-corrected chi connectivity index (χ1v) is 7.40. The highest BCUT2D eigenvalue weighted by atomic mass is 16.5. The first-order chi connectivity index (χ1) is 11.1. The molecule has 1 heterocycles. The minimum absolute atomic E-state index is 0.322. The van der Waals surface area contributed by atoms with Crippen molar-refractivity contribution in [3.05, 3.63) is 71.5 Å². The Kier molecular flexibility index (Phi) is 3.98. The average Bonchev–Trinajstić information content (AvgIpc) is 3.00. The highest BCUT2D eigenvalue weighted by molar-refractivity contribution is 5.90. The maximum Gasteiger partial charge on any atom is 0.337 e. The predicted octanol–water partition coefficient (Wildman–Crippen LogP) is 3.94. The zero-order chi connectivity index (χ0) is 16.4. The van der Waals surface area contributed by atoms with Crippen LogP contribution in [0, 0.1) is 13.8 Å².